The highest BCUT2D eigenvalue weighted by molar-refractivity contribution is 6.22. The molecule has 0 amide bonds. The average molecular weight is 192 g/mol. The maximum atomic E-state index is 10.9. The van der Waals surface area contributed by atoms with Crippen molar-refractivity contribution in [1.82, 2.24) is 4.90 Å². The molecule has 0 saturated heterocycles. The molecule has 0 saturated carbocycles. The van der Waals surface area contributed by atoms with Crippen molar-refractivity contribution in [2.45, 2.75) is 0 Å². The minimum absolute atomic E-state index is 0.126. The molecule has 0 aliphatic heterocycles. The van der Waals surface area contributed by atoms with E-state index in [-0.39, 0.29) is 5.88 Å². The molecule has 0 aliphatic carbocycles. The van der Waals surface area contributed by atoms with Gasteiger partial charge in [0, 0.05) is 12.1 Å². The Hall–Kier alpha value is -0.540. The molecule has 3 nitrogen and oxygen atoms in total. The molecule has 0 aromatic heterocycles. The summed E-state index contributed by atoms with van der Waals surface area (Å²) in [5.74, 6) is -0.285. The molecule has 0 spiro atoms. The van der Waals surface area contributed by atoms with Crippen LogP contribution < -0.4 is 0 Å². The van der Waals surface area contributed by atoms with E-state index < -0.39 is 5.97 Å². The van der Waals surface area contributed by atoms with E-state index in [9.17, 15) is 4.79 Å². The van der Waals surface area contributed by atoms with Crippen LogP contribution in [-0.2, 0) is 9.53 Å². The second-order valence-corrected chi connectivity index (χ2v) is 2.94. The van der Waals surface area contributed by atoms with Crippen LogP contribution in [0.3, 0.4) is 0 Å². The summed E-state index contributed by atoms with van der Waals surface area (Å²) in [6.07, 6.45) is 0. The molecule has 4 heteroatoms. The first-order chi connectivity index (χ1) is 5.57. The maximum absolute atomic E-state index is 10.9. The van der Waals surface area contributed by atoms with Crippen molar-refractivity contribution >= 4 is 17.6 Å². The topological polar surface area (TPSA) is 29.5 Å². The predicted octanol–water partition coefficient (Wildman–Crippen LogP) is 0.886. The van der Waals surface area contributed by atoms with E-state index in [4.69, 9.17) is 16.3 Å². The quantitative estimate of drug-likeness (QED) is 0.367. The minimum Gasteiger partial charge on any atom is -0.461 e. The molecule has 0 aromatic rings. The van der Waals surface area contributed by atoms with Crippen molar-refractivity contribution in [3.05, 3.63) is 12.2 Å². The third-order valence-corrected chi connectivity index (χ3v) is 1.54. The monoisotopic (exact) mass is 191 g/mol. The van der Waals surface area contributed by atoms with Crippen molar-refractivity contribution in [2.24, 2.45) is 0 Å². The first kappa shape index (κ1) is 11.5. The van der Waals surface area contributed by atoms with E-state index in [2.05, 4.69) is 6.58 Å². The van der Waals surface area contributed by atoms with Gasteiger partial charge in [-0.25, -0.2) is 4.79 Å². The van der Waals surface area contributed by atoms with Gasteiger partial charge in [-0.1, -0.05) is 6.58 Å². The number of carbonyl (C=O) groups excluding carboxylic acids is 1. The van der Waals surface area contributed by atoms with Crippen molar-refractivity contribution < 1.29 is 9.53 Å². The van der Waals surface area contributed by atoms with Crippen LogP contribution in [0.1, 0.15) is 0 Å². The van der Waals surface area contributed by atoms with Crippen molar-refractivity contribution in [2.75, 3.05) is 33.1 Å². The van der Waals surface area contributed by atoms with Crippen LogP contribution in [0.5, 0.6) is 0 Å². The van der Waals surface area contributed by atoms with Gasteiger partial charge < -0.3 is 9.64 Å². The summed E-state index contributed by atoms with van der Waals surface area (Å²) < 4.78 is 4.84. The van der Waals surface area contributed by atoms with E-state index in [1.165, 1.54) is 0 Å². The Morgan fingerprint density at radius 3 is 2.58 bits per heavy atom. The number of rotatable bonds is 5. The number of hydrogen-bond acceptors (Lipinski definition) is 3. The van der Waals surface area contributed by atoms with Crippen LogP contribution in [0.2, 0.25) is 0 Å². The molecule has 70 valence electrons. The average Bonchev–Trinajstić information content (AvgIpc) is 2.02. The fourth-order valence-electron chi connectivity index (χ4n) is 0.478. The lowest BCUT2D eigenvalue weighted by atomic mass is 10.4. The molecule has 0 rings (SSSR count). The lowest BCUT2D eigenvalue weighted by Gasteiger charge is -2.09. The number of halogens is 1. The zero-order valence-corrected chi connectivity index (χ0v) is 8.23. The summed E-state index contributed by atoms with van der Waals surface area (Å²) in [4.78, 5) is 12.9. The summed E-state index contributed by atoms with van der Waals surface area (Å²) in [6.45, 7) is 4.54. The van der Waals surface area contributed by atoms with Crippen LogP contribution in [0, 0.1) is 0 Å². The molecule has 0 heterocycles. The van der Waals surface area contributed by atoms with Crippen LogP contribution in [0.25, 0.3) is 0 Å². The van der Waals surface area contributed by atoms with Gasteiger partial charge in [-0.3, -0.25) is 0 Å². The van der Waals surface area contributed by atoms with Crippen molar-refractivity contribution in [1.29, 1.82) is 0 Å². The number of nitrogens with zero attached hydrogens (tertiary/aromatic N) is 1. The summed E-state index contributed by atoms with van der Waals surface area (Å²) in [7, 11) is 3.81. The lowest BCUT2D eigenvalue weighted by molar-refractivity contribution is -0.139. The van der Waals surface area contributed by atoms with E-state index in [1.54, 1.807) is 0 Å². The standard InChI is InChI=1S/C8H14ClNO2/c1-7(6-9)8(11)12-5-4-10(2)3/h1,4-6H2,2-3H3. The Morgan fingerprint density at radius 2 is 2.17 bits per heavy atom. The van der Waals surface area contributed by atoms with Crippen LogP contribution >= 0.6 is 11.6 Å². The van der Waals surface area contributed by atoms with E-state index >= 15 is 0 Å². The summed E-state index contributed by atoms with van der Waals surface area (Å²) in [6, 6.07) is 0. The molecular weight excluding hydrogens is 178 g/mol. The SMILES string of the molecule is C=C(CCl)C(=O)OCCN(C)C. The predicted molar refractivity (Wildman–Crippen MR) is 49.4 cm³/mol. The highest BCUT2D eigenvalue weighted by Crippen LogP contribution is 1.96. The van der Waals surface area contributed by atoms with E-state index in [0.29, 0.717) is 18.7 Å². The van der Waals surface area contributed by atoms with Gasteiger partial charge in [0.25, 0.3) is 0 Å². The third-order valence-electron chi connectivity index (χ3n) is 1.22. The highest BCUT2D eigenvalue weighted by atomic mass is 35.5. The van der Waals surface area contributed by atoms with Gasteiger partial charge in [0.05, 0.1) is 5.88 Å². The molecule has 0 atom stereocenters. The van der Waals surface area contributed by atoms with Gasteiger partial charge in [0.2, 0.25) is 0 Å². The second-order valence-electron chi connectivity index (χ2n) is 2.68. The Labute approximate surface area is 77.9 Å². The number of likely N-dealkylation sites (N-methyl/N-ethyl adjacent to an activating group) is 1. The fraction of sp³-hybridized carbons (Fsp3) is 0.625. The third kappa shape index (κ3) is 5.16. The Kier molecular flexibility index (Phi) is 5.76. The Bertz CT molecular complexity index is 168. The van der Waals surface area contributed by atoms with Crippen molar-refractivity contribution in [3.8, 4) is 0 Å². The molecule has 0 aromatic carbocycles. The number of ether oxygens (including phenoxy) is 1. The fourth-order valence-corrected chi connectivity index (χ4v) is 0.587. The van der Waals surface area contributed by atoms with Gasteiger partial charge in [-0.05, 0) is 14.1 Å². The summed E-state index contributed by atoms with van der Waals surface area (Å²) in [5.41, 5.74) is 0.301. The smallest absolute Gasteiger partial charge is 0.334 e. The molecule has 0 unspecified atom stereocenters. The van der Waals surface area contributed by atoms with E-state index in [0.717, 1.165) is 0 Å². The zero-order valence-electron chi connectivity index (χ0n) is 7.47. The van der Waals surface area contributed by atoms with Gasteiger partial charge >= 0.3 is 5.97 Å². The first-order valence-corrected chi connectivity index (χ1v) is 4.17. The number of alkyl halides is 1. The van der Waals surface area contributed by atoms with Crippen LogP contribution in [0.4, 0.5) is 0 Å². The normalized spacial score (nSPS) is 10.0. The molecule has 12 heavy (non-hydrogen) atoms. The molecule has 0 fully saturated rings. The van der Waals surface area contributed by atoms with Gasteiger partial charge in [0.1, 0.15) is 6.61 Å². The maximum Gasteiger partial charge on any atom is 0.334 e. The number of carbonyl (C=O) groups is 1. The Morgan fingerprint density at radius 1 is 1.58 bits per heavy atom. The Balaban J connectivity index is 3.51. The summed E-state index contributed by atoms with van der Waals surface area (Å²) in [5, 5.41) is 0. The first-order valence-electron chi connectivity index (χ1n) is 3.63. The molecule has 0 radical (unpaired) electrons. The zero-order chi connectivity index (χ0) is 9.56. The molecule has 0 aliphatic rings. The van der Waals surface area contributed by atoms with Gasteiger partial charge in [-0.2, -0.15) is 0 Å². The number of hydrogen-bond donors (Lipinski definition) is 0. The summed E-state index contributed by atoms with van der Waals surface area (Å²) >= 11 is 5.38. The lowest BCUT2D eigenvalue weighted by Crippen LogP contribution is -2.20. The molecule has 0 bridgehead atoms. The van der Waals surface area contributed by atoms with Gasteiger partial charge in [0.15, 0.2) is 0 Å². The van der Waals surface area contributed by atoms with Gasteiger partial charge in [-0.15, -0.1) is 11.6 Å². The van der Waals surface area contributed by atoms with E-state index in [1.807, 2.05) is 19.0 Å². The molecular formula is C8H14ClNO2. The number of esters is 1. The van der Waals surface area contributed by atoms with Crippen molar-refractivity contribution in [3.63, 3.8) is 0 Å². The molecule has 0 N–H and O–H groups in total. The highest BCUT2D eigenvalue weighted by Gasteiger charge is 2.06. The largest absolute Gasteiger partial charge is 0.461 e. The van der Waals surface area contributed by atoms with Crippen LogP contribution in [0.15, 0.2) is 12.2 Å². The second kappa shape index (κ2) is 6.03. The minimum atomic E-state index is -0.410. The van der Waals surface area contributed by atoms with Crippen LogP contribution in [-0.4, -0.2) is 44.0 Å².